The molecule has 1 aliphatic heterocycles. The number of nitrogens with one attached hydrogen (secondary N) is 1. The van der Waals surface area contributed by atoms with Gasteiger partial charge in [-0.25, -0.2) is 14.1 Å². The summed E-state index contributed by atoms with van der Waals surface area (Å²) < 4.78 is 26.7. The predicted octanol–water partition coefficient (Wildman–Crippen LogP) is 3.84. The molecule has 4 heterocycles. The third-order valence-corrected chi connectivity index (χ3v) is 6.50. The van der Waals surface area contributed by atoms with E-state index in [9.17, 15) is 9.18 Å². The van der Waals surface area contributed by atoms with Gasteiger partial charge in [0.05, 0.1) is 29.8 Å². The van der Waals surface area contributed by atoms with Crippen LogP contribution in [0.1, 0.15) is 28.2 Å². The fourth-order valence-corrected chi connectivity index (χ4v) is 4.66. The highest BCUT2D eigenvalue weighted by atomic mass is 32.1. The number of halogens is 1. The summed E-state index contributed by atoms with van der Waals surface area (Å²) in [5, 5.41) is 9.30. The summed E-state index contributed by atoms with van der Waals surface area (Å²) in [6.45, 7) is 4.98. The molecule has 5 rings (SSSR count). The minimum absolute atomic E-state index is 0.0176. The zero-order chi connectivity index (χ0) is 23.5. The normalized spacial score (nSPS) is 15.4. The van der Waals surface area contributed by atoms with Crippen molar-refractivity contribution in [2.45, 2.75) is 13.0 Å². The fourth-order valence-electron chi connectivity index (χ4n) is 3.96. The largest absolute Gasteiger partial charge is 0.465 e. The van der Waals surface area contributed by atoms with Crippen molar-refractivity contribution in [3.63, 3.8) is 0 Å². The van der Waals surface area contributed by atoms with Gasteiger partial charge in [-0.2, -0.15) is 0 Å². The van der Waals surface area contributed by atoms with E-state index in [2.05, 4.69) is 20.3 Å². The number of amides is 1. The minimum atomic E-state index is -0.408. The van der Waals surface area contributed by atoms with Crippen LogP contribution in [-0.4, -0.2) is 58.4 Å². The second-order valence-corrected chi connectivity index (χ2v) is 8.90. The number of hydrogen-bond donors (Lipinski definition) is 1. The van der Waals surface area contributed by atoms with Crippen molar-refractivity contribution in [2.24, 2.45) is 0 Å². The van der Waals surface area contributed by atoms with E-state index >= 15 is 0 Å². The topological polar surface area (TPSA) is 85.4 Å². The summed E-state index contributed by atoms with van der Waals surface area (Å²) in [5.41, 5.74) is 0.493. The number of ether oxygens (including phenoxy) is 1. The van der Waals surface area contributed by atoms with Gasteiger partial charge in [0.1, 0.15) is 17.3 Å². The van der Waals surface area contributed by atoms with Gasteiger partial charge in [0.25, 0.3) is 5.91 Å². The molecular formula is C24H24FN5O3S. The first-order valence-corrected chi connectivity index (χ1v) is 11.9. The maximum atomic E-state index is 13.9. The highest BCUT2D eigenvalue weighted by Crippen LogP contribution is 2.26. The lowest BCUT2D eigenvalue weighted by Crippen LogP contribution is -2.43. The highest BCUT2D eigenvalue weighted by Gasteiger charge is 2.27. The van der Waals surface area contributed by atoms with Gasteiger partial charge in [0.2, 0.25) is 5.82 Å². The van der Waals surface area contributed by atoms with Crippen LogP contribution in [-0.2, 0) is 4.74 Å². The van der Waals surface area contributed by atoms with E-state index in [1.165, 1.54) is 28.2 Å². The summed E-state index contributed by atoms with van der Waals surface area (Å²) >= 11 is 1.47. The predicted molar refractivity (Wildman–Crippen MR) is 126 cm³/mol. The Morgan fingerprint density at radius 2 is 2.06 bits per heavy atom. The fraction of sp³-hybridized carbons (Fsp3) is 0.292. The van der Waals surface area contributed by atoms with Crippen molar-refractivity contribution >= 4 is 17.2 Å². The molecule has 3 aromatic heterocycles. The molecule has 0 saturated carbocycles. The Labute approximate surface area is 200 Å². The molecule has 4 aromatic rings. The lowest BCUT2D eigenvalue weighted by molar-refractivity contribution is 0.0116. The molecule has 0 spiro atoms. The van der Waals surface area contributed by atoms with Crippen LogP contribution in [0.4, 0.5) is 4.39 Å². The van der Waals surface area contributed by atoms with E-state index in [1.807, 2.05) is 36.6 Å². The monoisotopic (exact) mass is 481 g/mol. The molecule has 10 heteroatoms. The van der Waals surface area contributed by atoms with E-state index in [0.717, 1.165) is 29.5 Å². The minimum Gasteiger partial charge on any atom is -0.465 e. The van der Waals surface area contributed by atoms with Crippen molar-refractivity contribution in [1.29, 1.82) is 0 Å². The number of benzene rings is 1. The van der Waals surface area contributed by atoms with E-state index in [-0.39, 0.29) is 11.9 Å². The molecule has 8 nitrogen and oxygen atoms in total. The summed E-state index contributed by atoms with van der Waals surface area (Å²) in [5.74, 6) is 1.31. The third kappa shape index (κ3) is 4.79. The van der Waals surface area contributed by atoms with Crippen LogP contribution >= 0.6 is 11.3 Å². The molecule has 1 atom stereocenters. The Balaban J connectivity index is 1.40. The van der Waals surface area contributed by atoms with Gasteiger partial charge in [0.15, 0.2) is 5.82 Å². The Kier molecular flexibility index (Phi) is 6.52. The highest BCUT2D eigenvalue weighted by molar-refractivity contribution is 7.13. The Hall–Kier alpha value is -3.34. The number of carbonyl (C=O) groups is 1. The van der Waals surface area contributed by atoms with E-state index in [4.69, 9.17) is 9.15 Å². The van der Waals surface area contributed by atoms with E-state index in [1.54, 1.807) is 12.1 Å². The number of carbonyl (C=O) groups excluding carboxylic acids is 1. The molecule has 1 fully saturated rings. The van der Waals surface area contributed by atoms with Crippen LogP contribution < -0.4 is 5.32 Å². The van der Waals surface area contributed by atoms with E-state index in [0.29, 0.717) is 31.3 Å². The third-order valence-electron chi connectivity index (χ3n) is 5.64. The van der Waals surface area contributed by atoms with Crippen molar-refractivity contribution < 1.29 is 18.3 Å². The molecule has 176 valence electrons. The quantitative estimate of drug-likeness (QED) is 0.432. The molecule has 1 aromatic carbocycles. The van der Waals surface area contributed by atoms with Crippen LogP contribution in [0.2, 0.25) is 0 Å². The van der Waals surface area contributed by atoms with Gasteiger partial charge >= 0.3 is 0 Å². The number of aryl methyl sites for hydroxylation is 1. The van der Waals surface area contributed by atoms with Crippen LogP contribution in [0.15, 0.2) is 58.3 Å². The number of morpholine rings is 1. The molecule has 34 heavy (non-hydrogen) atoms. The number of rotatable bonds is 7. The number of aromatic nitrogens is 3. The zero-order valence-corrected chi connectivity index (χ0v) is 19.4. The Morgan fingerprint density at radius 3 is 2.76 bits per heavy atom. The summed E-state index contributed by atoms with van der Waals surface area (Å²) in [7, 11) is 0. The number of furan rings is 1. The maximum absolute atomic E-state index is 13.9. The standard InChI is InChI=1S/C24H24FN5O3S/c1-16-7-8-20(33-16)19(29-9-11-32-12-10-29)15-26-24(31)22-27-23(21-6-3-13-34-21)30(28-22)18-5-2-4-17(25)14-18/h2-8,13-14,19H,9-12,15H2,1H3,(H,26,31). The van der Waals surface area contributed by atoms with E-state index < -0.39 is 11.7 Å². The first kappa shape index (κ1) is 22.5. The lowest BCUT2D eigenvalue weighted by Gasteiger charge is -2.33. The molecule has 0 aliphatic carbocycles. The molecule has 1 N–H and O–H groups in total. The molecule has 1 amide bonds. The van der Waals surface area contributed by atoms with Crippen LogP contribution in [0.5, 0.6) is 0 Å². The molecule has 0 radical (unpaired) electrons. The second-order valence-electron chi connectivity index (χ2n) is 7.95. The zero-order valence-electron chi connectivity index (χ0n) is 18.6. The molecule has 1 saturated heterocycles. The molecule has 1 unspecified atom stereocenters. The summed E-state index contributed by atoms with van der Waals surface area (Å²) in [4.78, 5) is 20.7. The average Bonchev–Trinajstić information content (AvgIpc) is 3.61. The molecule has 0 bridgehead atoms. The van der Waals surface area contributed by atoms with Gasteiger partial charge < -0.3 is 14.5 Å². The van der Waals surface area contributed by atoms with Gasteiger partial charge in [-0.3, -0.25) is 9.69 Å². The first-order valence-electron chi connectivity index (χ1n) is 11.0. The molecular weight excluding hydrogens is 457 g/mol. The summed E-state index contributed by atoms with van der Waals surface area (Å²) in [6.07, 6.45) is 0. The Morgan fingerprint density at radius 1 is 1.21 bits per heavy atom. The van der Waals surface area contributed by atoms with Crippen LogP contribution in [0.3, 0.4) is 0 Å². The number of nitrogens with zero attached hydrogens (tertiary/aromatic N) is 4. The van der Waals surface area contributed by atoms with Crippen molar-refractivity contribution in [1.82, 2.24) is 25.0 Å². The van der Waals surface area contributed by atoms with Gasteiger partial charge in [-0.15, -0.1) is 16.4 Å². The molecule has 1 aliphatic rings. The van der Waals surface area contributed by atoms with Crippen molar-refractivity contribution in [3.8, 4) is 16.4 Å². The van der Waals surface area contributed by atoms with Crippen molar-refractivity contribution in [3.05, 3.63) is 77.1 Å². The van der Waals surface area contributed by atoms with Crippen LogP contribution in [0.25, 0.3) is 16.4 Å². The van der Waals surface area contributed by atoms with Gasteiger partial charge in [0, 0.05) is 19.6 Å². The average molecular weight is 482 g/mol. The van der Waals surface area contributed by atoms with Gasteiger partial charge in [-0.1, -0.05) is 12.1 Å². The van der Waals surface area contributed by atoms with Crippen molar-refractivity contribution in [2.75, 3.05) is 32.8 Å². The second kappa shape index (κ2) is 9.88. The number of thiophene rings is 1. The maximum Gasteiger partial charge on any atom is 0.291 e. The smallest absolute Gasteiger partial charge is 0.291 e. The summed E-state index contributed by atoms with van der Waals surface area (Å²) in [6, 6.07) is 13.5. The number of hydrogen-bond acceptors (Lipinski definition) is 7. The SMILES string of the molecule is Cc1ccc(C(CNC(=O)c2nc(-c3cccs3)n(-c3cccc(F)c3)n2)N2CCOCC2)o1. The Bertz CT molecular complexity index is 1260. The van der Waals surface area contributed by atoms with Crippen LogP contribution in [0, 0.1) is 12.7 Å². The first-order chi connectivity index (χ1) is 16.6. The lowest BCUT2D eigenvalue weighted by atomic mass is 10.1. The van der Waals surface area contributed by atoms with Gasteiger partial charge in [-0.05, 0) is 48.7 Å².